The minimum Gasteiger partial charge on any atom is -0.313 e. The number of halogens is 2. The van der Waals surface area contributed by atoms with E-state index in [9.17, 15) is 0 Å². The predicted octanol–water partition coefficient (Wildman–Crippen LogP) is 4.30. The van der Waals surface area contributed by atoms with Gasteiger partial charge in [-0.15, -0.1) is 0 Å². The molecule has 84 valence electrons. The fraction of sp³-hybridized carbons (Fsp3) is 0.500. The smallest absolute Gasteiger partial charge is 0.0468 e. The first-order valence-corrected chi connectivity index (χ1v) is 5.92. The molecule has 15 heavy (non-hydrogen) atoms. The molecule has 1 aromatic carbocycles. The van der Waals surface area contributed by atoms with Gasteiger partial charge in [-0.3, -0.25) is 0 Å². The number of rotatable bonds is 4. The number of hydrogen-bond donors (Lipinski definition) is 1. The zero-order chi connectivity index (χ0) is 11.4. The summed E-state index contributed by atoms with van der Waals surface area (Å²) < 4.78 is 0. The highest BCUT2D eigenvalue weighted by Crippen LogP contribution is 2.29. The lowest BCUT2D eigenvalue weighted by atomic mass is 9.97. The van der Waals surface area contributed by atoms with E-state index in [1.165, 1.54) is 0 Å². The molecule has 1 unspecified atom stereocenters. The van der Waals surface area contributed by atoms with Crippen molar-refractivity contribution >= 4 is 23.2 Å². The lowest BCUT2D eigenvalue weighted by molar-refractivity contribution is 0.457. The van der Waals surface area contributed by atoms with Crippen LogP contribution in [0, 0.1) is 5.92 Å². The molecule has 0 bridgehead atoms. The highest BCUT2D eigenvalue weighted by molar-refractivity contribution is 6.35. The predicted molar refractivity (Wildman–Crippen MR) is 67.7 cm³/mol. The van der Waals surface area contributed by atoms with E-state index in [2.05, 4.69) is 19.2 Å². The van der Waals surface area contributed by atoms with Crippen LogP contribution < -0.4 is 5.32 Å². The van der Waals surface area contributed by atoms with E-state index in [-0.39, 0.29) is 0 Å². The largest absolute Gasteiger partial charge is 0.313 e. The quantitative estimate of drug-likeness (QED) is 0.835. The third-order valence-electron chi connectivity index (χ3n) is 2.39. The molecule has 0 radical (unpaired) electrons. The fourth-order valence-electron chi connectivity index (χ4n) is 1.66. The molecule has 1 N–H and O–H groups in total. The molecule has 0 saturated heterocycles. The minimum atomic E-state index is 0.301. The molecule has 1 rings (SSSR count). The van der Waals surface area contributed by atoms with Gasteiger partial charge in [-0.25, -0.2) is 0 Å². The summed E-state index contributed by atoms with van der Waals surface area (Å²) in [6.45, 7) is 4.41. The third-order valence-corrected chi connectivity index (χ3v) is 2.96. The molecular formula is C12H17Cl2N. The highest BCUT2D eigenvalue weighted by Gasteiger charge is 2.14. The van der Waals surface area contributed by atoms with Gasteiger partial charge in [-0.1, -0.05) is 43.1 Å². The van der Waals surface area contributed by atoms with Crippen LogP contribution in [0.2, 0.25) is 10.0 Å². The second-order valence-corrected chi connectivity index (χ2v) is 4.98. The number of benzene rings is 1. The standard InChI is InChI=1S/C12H17Cl2N/c1-8(2)6-12(15-3)10-5-4-9(13)7-11(10)14/h4-5,7-8,12,15H,6H2,1-3H3. The summed E-state index contributed by atoms with van der Waals surface area (Å²) >= 11 is 12.0. The molecule has 1 aromatic rings. The average Bonchev–Trinajstić information content (AvgIpc) is 2.14. The van der Waals surface area contributed by atoms with Crippen LogP contribution in [0.25, 0.3) is 0 Å². The van der Waals surface area contributed by atoms with Gasteiger partial charge in [-0.2, -0.15) is 0 Å². The van der Waals surface area contributed by atoms with Crippen molar-refractivity contribution in [3.8, 4) is 0 Å². The van der Waals surface area contributed by atoms with Crippen molar-refractivity contribution < 1.29 is 0 Å². The van der Waals surface area contributed by atoms with E-state index in [0.717, 1.165) is 17.0 Å². The molecule has 1 nitrogen and oxygen atoms in total. The van der Waals surface area contributed by atoms with Gasteiger partial charge in [-0.05, 0) is 37.1 Å². The Morgan fingerprint density at radius 2 is 1.93 bits per heavy atom. The van der Waals surface area contributed by atoms with Crippen molar-refractivity contribution in [2.75, 3.05) is 7.05 Å². The molecule has 0 heterocycles. The van der Waals surface area contributed by atoms with Gasteiger partial charge in [0.05, 0.1) is 0 Å². The van der Waals surface area contributed by atoms with E-state index in [1.54, 1.807) is 6.07 Å². The summed E-state index contributed by atoms with van der Waals surface area (Å²) in [5, 5.41) is 4.70. The van der Waals surface area contributed by atoms with Crippen LogP contribution in [0.3, 0.4) is 0 Å². The lowest BCUT2D eigenvalue weighted by Crippen LogP contribution is -2.18. The number of hydrogen-bond acceptors (Lipinski definition) is 1. The van der Waals surface area contributed by atoms with Crippen LogP contribution in [0.15, 0.2) is 18.2 Å². The maximum absolute atomic E-state index is 6.16. The van der Waals surface area contributed by atoms with E-state index in [0.29, 0.717) is 17.0 Å². The third kappa shape index (κ3) is 3.67. The Bertz CT molecular complexity index is 323. The molecule has 3 heteroatoms. The first-order valence-electron chi connectivity index (χ1n) is 5.16. The molecule has 0 fully saturated rings. The van der Waals surface area contributed by atoms with E-state index in [4.69, 9.17) is 23.2 Å². The molecular weight excluding hydrogens is 229 g/mol. The second kappa shape index (κ2) is 5.74. The van der Waals surface area contributed by atoms with Crippen LogP contribution in [-0.2, 0) is 0 Å². The number of nitrogens with one attached hydrogen (secondary N) is 1. The van der Waals surface area contributed by atoms with Gasteiger partial charge in [0, 0.05) is 16.1 Å². The Labute approximate surface area is 102 Å². The van der Waals surface area contributed by atoms with Gasteiger partial charge >= 0.3 is 0 Å². The van der Waals surface area contributed by atoms with Crippen LogP contribution in [0.5, 0.6) is 0 Å². The first kappa shape index (κ1) is 12.8. The van der Waals surface area contributed by atoms with Crippen molar-refractivity contribution in [2.24, 2.45) is 5.92 Å². The Morgan fingerprint density at radius 3 is 2.40 bits per heavy atom. The summed E-state index contributed by atoms with van der Waals surface area (Å²) in [4.78, 5) is 0. The van der Waals surface area contributed by atoms with Gasteiger partial charge in [0.2, 0.25) is 0 Å². The van der Waals surface area contributed by atoms with Crippen LogP contribution in [0.1, 0.15) is 31.9 Å². The molecule has 0 aliphatic heterocycles. The molecule has 0 aliphatic carbocycles. The molecule has 0 aromatic heterocycles. The zero-order valence-corrected chi connectivity index (χ0v) is 10.9. The van der Waals surface area contributed by atoms with Crippen molar-refractivity contribution in [2.45, 2.75) is 26.3 Å². The Kier molecular flexibility index (Phi) is 4.91. The summed E-state index contributed by atoms with van der Waals surface area (Å²) in [6, 6.07) is 5.97. The first-order chi connectivity index (χ1) is 7.04. The maximum Gasteiger partial charge on any atom is 0.0468 e. The van der Waals surface area contributed by atoms with Crippen LogP contribution in [-0.4, -0.2) is 7.05 Å². The average molecular weight is 246 g/mol. The summed E-state index contributed by atoms with van der Waals surface area (Å²) in [5.41, 5.74) is 1.12. The molecule has 0 aliphatic rings. The second-order valence-electron chi connectivity index (χ2n) is 4.14. The SMILES string of the molecule is CNC(CC(C)C)c1ccc(Cl)cc1Cl. The van der Waals surface area contributed by atoms with Gasteiger partial charge in [0.25, 0.3) is 0 Å². The van der Waals surface area contributed by atoms with E-state index >= 15 is 0 Å². The zero-order valence-electron chi connectivity index (χ0n) is 9.35. The van der Waals surface area contributed by atoms with Gasteiger partial charge < -0.3 is 5.32 Å². The minimum absolute atomic E-state index is 0.301. The van der Waals surface area contributed by atoms with E-state index < -0.39 is 0 Å². The monoisotopic (exact) mass is 245 g/mol. The van der Waals surface area contributed by atoms with Crippen molar-refractivity contribution in [1.82, 2.24) is 5.32 Å². The maximum atomic E-state index is 6.16. The summed E-state index contributed by atoms with van der Waals surface area (Å²) in [5.74, 6) is 0.634. The van der Waals surface area contributed by atoms with Crippen molar-refractivity contribution in [3.05, 3.63) is 33.8 Å². The molecule has 0 saturated carbocycles. The van der Waals surface area contributed by atoms with Crippen LogP contribution in [0.4, 0.5) is 0 Å². The summed E-state index contributed by atoms with van der Waals surface area (Å²) in [7, 11) is 1.96. The Morgan fingerprint density at radius 1 is 1.27 bits per heavy atom. The normalized spacial score (nSPS) is 13.2. The highest BCUT2D eigenvalue weighted by atomic mass is 35.5. The van der Waals surface area contributed by atoms with Crippen LogP contribution >= 0.6 is 23.2 Å². The molecule has 1 atom stereocenters. The lowest BCUT2D eigenvalue weighted by Gasteiger charge is -2.20. The van der Waals surface area contributed by atoms with Gasteiger partial charge in [0.1, 0.15) is 0 Å². The Hall–Kier alpha value is -0.240. The Balaban J connectivity index is 2.91. The fourth-order valence-corrected chi connectivity index (χ4v) is 2.20. The topological polar surface area (TPSA) is 12.0 Å². The molecule has 0 amide bonds. The van der Waals surface area contributed by atoms with Crippen molar-refractivity contribution in [3.63, 3.8) is 0 Å². The molecule has 0 spiro atoms. The van der Waals surface area contributed by atoms with Crippen molar-refractivity contribution in [1.29, 1.82) is 0 Å². The summed E-state index contributed by atoms with van der Waals surface area (Å²) in [6.07, 6.45) is 1.07. The van der Waals surface area contributed by atoms with E-state index in [1.807, 2.05) is 19.2 Å². The van der Waals surface area contributed by atoms with Gasteiger partial charge in [0.15, 0.2) is 0 Å².